The fourth-order valence-electron chi connectivity index (χ4n) is 1.08. The normalized spacial score (nSPS) is 13.0. The van der Waals surface area contributed by atoms with Gasteiger partial charge in [0.2, 0.25) is 0 Å². The van der Waals surface area contributed by atoms with Crippen LogP contribution in [-0.4, -0.2) is 22.2 Å². The Balaban J connectivity index is 4.08. The second-order valence-electron chi connectivity index (χ2n) is 2.84. The summed E-state index contributed by atoms with van der Waals surface area (Å²) in [4.78, 5) is 20.5. The Hall–Kier alpha value is -1.32. The maximum atomic E-state index is 10.3. The van der Waals surface area contributed by atoms with E-state index in [1.54, 1.807) is 0 Å². The number of hydrogen-bond donors (Lipinski definition) is 2. The van der Waals surface area contributed by atoms with Crippen molar-refractivity contribution in [2.24, 2.45) is 5.92 Å². The van der Waals surface area contributed by atoms with Gasteiger partial charge in [0, 0.05) is 6.08 Å². The second kappa shape index (κ2) is 6.22. The number of carboxylic acid groups (broad SMARTS) is 2. The van der Waals surface area contributed by atoms with E-state index in [4.69, 9.17) is 10.2 Å². The molecule has 0 rings (SSSR count). The quantitative estimate of drug-likeness (QED) is 0.616. The van der Waals surface area contributed by atoms with Crippen molar-refractivity contribution in [2.75, 3.05) is 0 Å². The van der Waals surface area contributed by atoms with E-state index >= 15 is 0 Å². The van der Waals surface area contributed by atoms with Gasteiger partial charge in [-0.05, 0) is 12.3 Å². The highest BCUT2D eigenvalue weighted by molar-refractivity contribution is 5.79. The fourth-order valence-corrected chi connectivity index (χ4v) is 1.08. The molecule has 4 heteroatoms. The van der Waals surface area contributed by atoms with Crippen molar-refractivity contribution in [1.82, 2.24) is 0 Å². The first kappa shape index (κ1) is 11.7. The maximum Gasteiger partial charge on any atom is 0.327 e. The highest BCUT2D eigenvalue weighted by atomic mass is 16.4. The lowest BCUT2D eigenvalue weighted by molar-refractivity contribution is -0.138. The SMILES string of the molecule is CCCC(C=CC(=O)O)CC(=O)O. The Morgan fingerprint density at radius 1 is 1.38 bits per heavy atom. The molecule has 0 radical (unpaired) electrons. The molecule has 0 bridgehead atoms. The smallest absolute Gasteiger partial charge is 0.327 e. The molecule has 74 valence electrons. The van der Waals surface area contributed by atoms with Crippen molar-refractivity contribution in [1.29, 1.82) is 0 Å². The van der Waals surface area contributed by atoms with E-state index in [9.17, 15) is 9.59 Å². The summed E-state index contributed by atoms with van der Waals surface area (Å²) in [6.45, 7) is 1.93. The molecule has 0 aromatic carbocycles. The number of carboxylic acids is 2. The minimum absolute atomic E-state index is 0.00236. The van der Waals surface area contributed by atoms with Gasteiger partial charge in [0.25, 0.3) is 0 Å². The van der Waals surface area contributed by atoms with Gasteiger partial charge in [-0.2, -0.15) is 0 Å². The summed E-state index contributed by atoms with van der Waals surface area (Å²) in [7, 11) is 0. The molecule has 13 heavy (non-hydrogen) atoms. The molecule has 0 aromatic heterocycles. The van der Waals surface area contributed by atoms with Gasteiger partial charge >= 0.3 is 11.9 Å². The molecular formula is C9H14O4. The monoisotopic (exact) mass is 186 g/mol. The molecule has 0 saturated heterocycles. The van der Waals surface area contributed by atoms with Crippen LogP contribution in [0.3, 0.4) is 0 Å². The average Bonchev–Trinajstić information content (AvgIpc) is 1.99. The standard InChI is InChI=1S/C9H14O4/c1-2-3-7(6-9(12)13)4-5-8(10)11/h4-5,7H,2-3,6H2,1H3,(H,10,11)(H,12,13). The van der Waals surface area contributed by atoms with E-state index in [1.807, 2.05) is 6.92 Å². The number of rotatable bonds is 6. The zero-order valence-electron chi connectivity index (χ0n) is 7.56. The van der Waals surface area contributed by atoms with Crippen LogP contribution >= 0.6 is 0 Å². The molecule has 0 spiro atoms. The highest BCUT2D eigenvalue weighted by Gasteiger charge is 2.08. The summed E-state index contributed by atoms with van der Waals surface area (Å²) in [5.74, 6) is -2.10. The molecule has 0 heterocycles. The molecule has 1 unspecified atom stereocenters. The van der Waals surface area contributed by atoms with Gasteiger partial charge in [-0.15, -0.1) is 0 Å². The van der Waals surface area contributed by atoms with Gasteiger partial charge in [-0.3, -0.25) is 4.79 Å². The lowest BCUT2D eigenvalue weighted by Crippen LogP contribution is -2.05. The van der Waals surface area contributed by atoms with Gasteiger partial charge in [-0.25, -0.2) is 4.79 Å². The van der Waals surface area contributed by atoms with Crippen molar-refractivity contribution in [2.45, 2.75) is 26.2 Å². The Bertz CT molecular complexity index is 208. The summed E-state index contributed by atoms with van der Waals surface area (Å²) in [5.41, 5.74) is 0. The van der Waals surface area contributed by atoms with Crippen molar-refractivity contribution in [3.05, 3.63) is 12.2 Å². The number of aliphatic carboxylic acids is 2. The zero-order valence-corrected chi connectivity index (χ0v) is 7.56. The molecule has 0 aromatic rings. The van der Waals surface area contributed by atoms with Gasteiger partial charge in [0.15, 0.2) is 0 Å². The fraction of sp³-hybridized carbons (Fsp3) is 0.556. The van der Waals surface area contributed by atoms with Gasteiger partial charge in [0.05, 0.1) is 6.42 Å². The lowest BCUT2D eigenvalue weighted by atomic mass is 9.99. The molecule has 0 aliphatic heterocycles. The third kappa shape index (κ3) is 7.05. The van der Waals surface area contributed by atoms with E-state index in [1.165, 1.54) is 6.08 Å². The van der Waals surface area contributed by atoms with Gasteiger partial charge in [-0.1, -0.05) is 19.4 Å². The molecule has 4 nitrogen and oxygen atoms in total. The molecule has 1 atom stereocenters. The van der Waals surface area contributed by atoms with Crippen LogP contribution in [0.2, 0.25) is 0 Å². The van der Waals surface area contributed by atoms with Gasteiger partial charge in [0.1, 0.15) is 0 Å². The predicted octanol–water partition coefficient (Wildman–Crippen LogP) is 1.52. The highest BCUT2D eigenvalue weighted by Crippen LogP contribution is 2.12. The van der Waals surface area contributed by atoms with Crippen LogP contribution in [0.25, 0.3) is 0 Å². The number of hydrogen-bond acceptors (Lipinski definition) is 2. The van der Waals surface area contributed by atoms with E-state index in [0.717, 1.165) is 12.5 Å². The van der Waals surface area contributed by atoms with Crippen LogP contribution in [0.15, 0.2) is 12.2 Å². The summed E-state index contributed by atoms with van der Waals surface area (Å²) in [5, 5.41) is 16.8. The van der Waals surface area contributed by atoms with Crippen molar-refractivity contribution in [3.8, 4) is 0 Å². The van der Waals surface area contributed by atoms with Crippen LogP contribution in [0.4, 0.5) is 0 Å². The first-order chi connectivity index (χ1) is 6.06. The molecule has 0 fully saturated rings. The van der Waals surface area contributed by atoms with Crippen LogP contribution in [0.5, 0.6) is 0 Å². The summed E-state index contributed by atoms with van der Waals surface area (Å²) >= 11 is 0. The molecule has 2 N–H and O–H groups in total. The first-order valence-corrected chi connectivity index (χ1v) is 4.19. The van der Waals surface area contributed by atoms with Gasteiger partial charge < -0.3 is 10.2 Å². The van der Waals surface area contributed by atoms with E-state index in [0.29, 0.717) is 6.42 Å². The Morgan fingerprint density at radius 2 is 2.00 bits per heavy atom. The van der Waals surface area contributed by atoms with Crippen LogP contribution in [0, 0.1) is 5.92 Å². The maximum absolute atomic E-state index is 10.3. The summed E-state index contributed by atoms with van der Waals surface area (Å²) < 4.78 is 0. The first-order valence-electron chi connectivity index (χ1n) is 4.19. The second-order valence-corrected chi connectivity index (χ2v) is 2.84. The zero-order chi connectivity index (χ0) is 10.3. The van der Waals surface area contributed by atoms with E-state index in [-0.39, 0.29) is 12.3 Å². The van der Waals surface area contributed by atoms with E-state index in [2.05, 4.69) is 0 Å². The average molecular weight is 186 g/mol. The summed E-state index contributed by atoms with van der Waals surface area (Å²) in [6, 6.07) is 0. The summed E-state index contributed by atoms with van der Waals surface area (Å²) in [6.07, 6.45) is 4.00. The third-order valence-electron chi connectivity index (χ3n) is 1.61. The third-order valence-corrected chi connectivity index (χ3v) is 1.61. The predicted molar refractivity (Wildman–Crippen MR) is 47.4 cm³/mol. The molecule has 0 aliphatic rings. The molecule has 0 aliphatic carbocycles. The topological polar surface area (TPSA) is 74.6 Å². The molecular weight excluding hydrogens is 172 g/mol. The number of allylic oxidation sites excluding steroid dienone is 1. The Kier molecular flexibility index (Phi) is 5.59. The molecule has 0 amide bonds. The Morgan fingerprint density at radius 3 is 2.38 bits per heavy atom. The van der Waals surface area contributed by atoms with Crippen LogP contribution < -0.4 is 0 Å². The minimum atomic E-state index is -1.04. The molecule has 0 saturated carbocycles. The van der Waals surface area contributed by atoms with E-state index < -0.39 is 11.9 Å². The van der Waals surface area contributed by atoms with Crippen LogP contribution in [-0.2, 0) is 9.59 Å². The lowest BCUT2D eigenvalue weighted by Gasteiger charge is -2.06. The Labute approximate surface area is 76.9 Å². The van der Waals surface area contributed by atoms with Crippen LogP contribution in [0.1, 0.15) is 26.2 Å². The number of carbonyl (C=O) groups is 2. The van der Waals surface area contributed by atoms with Crippen molar-refractivity contribution < 1.29 is 19.8 Å². The van der Waals surface area contributed by atoms with Crippen molar-refractivity contribution in [3.63, 3.8) is 0 Å². The minimum Gasteiger partial charge on any atom is -0.481 e. The van der Waals surface area contributed by atoms with Crippen molar-refractivity contribution >= 4 is 11.9 Å². The largest absolute Gasteiger partial charge is 0.481 e.